The van der Waals surface area contributed by atoms with Crippen molar-refractivity contribution >= 4 is 17.6 Å². The Bertz CT molecular complexity index is 424. The van der Waals surface area contributed by atoms with E-state index in [1.807, 2.05) is 12.1 Å². The van der Waals surface area contributed by atoms with Crippen LogP contribution >= 0.6 is 11.6 Å². The van der Waals surface area contributed by atoms with Crippen LogP contribution in [0.3, 0.4) is 0 Å². The fourth-order valence-electron chi connectivity index (χ4n) is 1.56. The molecule has 2 amide bonds. The lowest BCUT2D eigenvalue weighted by Crippen LogP contribution is -2.40. The number of nitrogens with zero attached hydrogens (tertiary/aromatic N) is 1. The van der Waals surface area contributed by atoms with Gasteiger partial charge >= 0.3 is 6.03 Å². The number of hydrogen-bond acceptors (Lipinski definition) is 2. The summed E-state index contributed by atoms with van der Waals surface area (Å²) in [5.74, 6) is 1.30. The number of amides is 2. The van der Waals surface area contributed by atoms with E-state index in [0.717, 1.165) is 6.42 Å². The molecule has 0 atom stereocenters. The van der Waals surface area contributed by atoms with Crippen molar-refractivity contribution in [2.45, 2.75) is 20.3 Å². The minimum atomic E-state index is -0.0691. The van der Waals surface area contributed by atoms with Crippen LogP contribution in [-0.2, 0) is 0 Å². The van der Waals surface area contributed by atoms with Crippen LogP contribution in [0.2, 0.25) is 5.02 Å². The van der Waals surface area contributed by atoms with E-state index in [1.54, 1.807) is 24.1 Å². The highest BCUT2D eigenvalue weighted by atomic mass is 35.5. The van der Waals surface area contributed by atoms with Crippen LogP contribution in [0, 0.1) is 5.92 Å². The number of benzene rings is 1. The SMILES string of the molecule is CC(C)CCNC(=O)N(C)CCOc1cccc(Cl)c1. The summed E-state index contributed by atoms with van der Waals surface area (Å²) in [4.78, 5) is 13.4. The van der Waals surface area contributed by atoms with Gasteiger partial charge in [-0.3, -0.25) is 0 Å². The molecule has 0 aromatic heterocycles. The minimum absolute atomic E-state index is 0.0691. The molecule has 0 fully saturated rings. The number of carbonyl (C=O) groups excluding carboxylic acids is 1. The summed E-state index contributed by atoms with van der Waals surface area (Å²) in [6.07, 6.45) is 0.985. The number of likely N-dealkylation sites (N-methyl/N-ethyl adjacent to an activating group) is 1. The molecule has 0 saturated heterocycles. The van der Waals surface area contributed by atoms with Gasteiger partial charge in [-0.1, -0.05) is 31.5 Å². The molecular formula is C15H23ClN2O2. The molecule has 5 heteroatoms. The predicted octanol–water partition coefficient (Wildman–Crippen LogP) is 3.41. The number of ether oxygens (including phenoxy) is 1. The molecule has 20 heavy (non-hydrogen) atoms. The zero-order valence-corrected chi connectivity index (χ0v) is 13.1. The van der Waals surface area contributed by atoms with Crippen molar-refractivity contribution in [1.29, 1.82) is 0 Å². The van der Waals surface area contributed by atoms with Crippen LogP contribution in [0.25, 0.3) is 0 Å². The quantitative estimate of drug-likeness (QED) is 0.838. The molecule has 0 unspecified atom stereocenters. The molecule has 0 aliphatic carbocycles. The van der Waals surface area contributed by atoms with Crippen molar-refractivity contribution in [2.75, 3.05) is 26.7 Å². The van der Waals surface area contributed by atoms with Gasteiger partial charge in [0.25, 0.3) is 0 Å². The number of halogens is 1. The van der Waals surface area contributed by atoms with E-state index in [-0.39, 0.29) is 6.03 Å². The second kappa shape index (κ2) is 8.69. The number of carbonyl (C=O) groups is 1. The highest BCUT2D eigenvalue weighted by Crippen LogP contribution is 2.16. The lowest BCUT2D eigenvalue weighted by molar-refractivity contribution is 0.195. The van der Waals surface area contributed by atoms with E-state index in [4.69, 9.17) is 16.3 Å². The lowest BCUT2D eigenvalue weighted by atomic mass is 10.1. The van der Waals surface area contributed by atoms with Crippen molar-refractivity contribution in [1.82, 2.24) is 10.2 Å². The Morgan fingerprint density at radius 3 is 2.85 bits per heavy atom. The molecule has 1 N–H and O–H groups in total. The predicted molar refractivity (Wildman–Crippen MR) is 82.4 cm³/mol. The summed E-state index contributed by atoms with van der Waals surface area (Å²) in [7, 11) is 1.76. The van der Waals surface area contributed by atoms with Gasteiger partial charge in [0.05, 0.1) is 6.54 Å². The summed E-state index contributed by atoms with van der Waals surface area (Å²) < 4.78 is 5.54. The Balaban J connectivity index is 2.22. The molecule has 0 bridgehead atoms. The third-order valence-corrected chi connectivity index (χ3v) is 3.07. The molecule has 1 aromatic carbocycles. The summed E-state index contributed by atoms with van der Waals surface area (Å²) in [5.41, 5.74) is 0. The van der Waals surface area contributed by atoms with Gasteiger partial charge in [0, 0.05) is 18.6 Å². The molecule has 0 aliphatic rings. The van der Waals surface area contributed by atoms with Gasteiger partial charge in [-0.05, 0) is 30.5 Å². The maximum atomic E-state index is 11.8. The van der Waals surface area contributed by atoms with Crippen LogP contribution < -0.4 is 10.1 Å². The average Bonchev–Trinajstić information content (AvgIpc) is 2.38. The molecule has 0 spiro atoms. The average molecular weight is 299 g/mol. The second-order valence-corrected chi connectivity index (χ2v) is 5.58. The highest BCUT2D eigenvalue weighted by molar-refractivity contribution is 6.30. The summed E-state index contributed by atoms with van der Waals surface area (Å²) >= 11 is 5.86. The second-order valence-electron chi connectivity index (χ2n) is 5.14. The fourth-order valence-corrected chi connectivity index (χ4v) is 1.74. The zero-order chi connectivity index (χ0) is 15.0. The van der Waals surface area contributed by atoms with Crippen LogP contribution in [-0.4, -0.2) is 37.7 Å². The third kappa shape index (κ3) is 6.66. The van der Waals surface area contributed by atoms with Gasteiger partial charge in [-0.15, -0.1) is 0 Å². The molecular weight excluding hydrogens is 276 g/mol. The topological polar surface area (TPSA) is 41.6 Å². The van der Waals surface area contributed by atoms with Gasteiger partial charge in [0.2, 0.25) is 0 Å². The molecule has 4 nitrogen and oxygen atoms in total. The fraction of sp³-hybridized carbons (Fsp3) is 0.533. The van der Waals surface area contributed by atoms with Crippen molar-refractivity contribution in [3.8, 4) is 5.75 Å². The van der Waals surface area contributed by atoms with Crippen LogP contribution in [0.5, 0.6) is 5.75 Å². The summed E-state index contributed by atoms with van der Waals surface area (Å²) in [6.45, 7) is 5.94. The third-order valence-electron chi connectivity index (χ3n) is 2.84. The van der Waals surface area contributed by atoms with E-state index in [1.165, 1.54) is 0 Å². The monoisotopic (exact) mass is 298 g/mol. The normalized spacial score (nSPS) is 10.4. The number of nitrogens with one attached hydrogen (secondary N) is 1. The maximum absolute atomic E-state index is 11.8. The summed E-state index contributed by atoms with van der Waals surface area (Å²) in [6, 6.07) is 7.15. The Labute approximate surface area is 126 Å². The largest absolute Gasteiger partial charge is 0.492 e. The highest BCUT2D eigenvalue weighted by Gasteiger charge is 2.07. The molecule has 0 saturated carbocycles. The van der Waals surface area contributed by atoms with E-state index in [2.05, 4.69) is 19.2 Å². The van der Waals surface area contributed by atoms with Gasteiger partial charge < -0.3 is 15.0 Å². The van der Waals surface area contributed by atoms with Gasteiger partial charge in [0.1, 0.15) is 12.4 Å². The van der Waals surface area contributed by atoms with E-state index < -0.39 is 0 Å². The Morgan fingerprint density at radius 1 is 1.45 bits per heavy atom. The van der Waals surface area contributed by atoms with E-state index >= 15 is 0 Å². The Kier molecular flexibility index (Phi) is 7.23. The maximum Gasteiger partial charge on any atom is 0.317 e. The van der Waals surface area contributed by atoms with Crippen LogP contribution in [0.4, 0.5) is 4.79 Å². The number of rotatable bonds is 7. The number of hydrogen-bond donors (Lipinski definition) is 1. The van der Waals surface area contributed by atoms with Gasteiger partial charge in [-0.25, -0.2) is 4.79 Å². The first-order chi connectivity index (χ1) is 9.49. The number of urea groups is 1. The van der Waals surface area contributed by atoms with Gasteiger partial charge in [0.15, 0.2) is 0 Å². The molecule has 0 aliphatic heterocycles. The summed E-state index contributed by atoms with van der Waals surface area (Å²) in [5, 5.41) is 3.52. The Hall–Kier alpha value is -1.42. The van der Waals surface area contributed by atoms with Gasteiger partial charge in [-0.2, -0.15) is 0 Å². The van der Waals surface area contributed by atoms with Crippen LogP contribution in [0.15, 0.2) is 24.3 Å². The molecule has 1 aromatic rings. The van der Waals surface area contributed by atoms with Crippen molar-refractivity contribution < 1.29 is 9.53 Å². The molecule has 0 heterocycles. The smallest absolute Gasteiger partial charge is 0.317 e. The van der Waals surface area contributed by atoms with E-state index in [9.17, 15) is 4.79 Å². The minimum Gasteiger partial charge on any atom is -0.492 e. The van der Waals surface area contributed by atoms with Crippen molar-refractivity contribution in [2.24, 2.45) is 5.92 Å². The first-order valence-corrected chi connectivity index (χ1v) is 7.24. The Morgan fingerprint density at radius 2 is 2.20 bits per heavy atom. The molecule has 112 valence electrons. The van der Waals surface area contributed by atoms with Crippen LogP contribution in [0.1, 0.15) is 20.3 Å². The standard InChI is InChI=1S/C15H23ClN2O2/c1-12(2)7-8-17-15(19)18(3)9-10-20-14-6-4-5-13(16)11-14/h4-6,11-12H,7-10H2,1-3H3,(H,17,19). The first-order valence-electron chi connectivity index (χ1n) is 6.86. The van der Waals surface area contributed by atoms with Crippen molar-refractivity contribution in [3.63, 3.8) is 0 Å². The molecule has 1 rings (SSSR count). The lowest BCUT2D eigenvalue weighted by Gasteiger charge is -2.18. The zero-order valence-electron chi connectivity index (χ0n) is 12.4. The first kappa shape index (κ1) is 16.6. The van der Waals surface area contributed by atoms with E-state index in [0.29, 0.717) is 36.4 Å². The van der Waals surface area contributed by atoms with Crippen molar-refractivity contribution in [3.05, 3.63) is 29.3 Å². The molecule has 0 radical (unpaired) electrons.